The molecule has 0 saturated heterocycles. The number of carboxylic acids is 1. The summed E-state index contributed by atoms with van der Waals surface area (Å²) >= 11 is 1.50. The molecule has 0 spiro atoms. The van der Waals surface area contributed by atoms with Crippen LogP contribution in [0.1, 0.15) is 6.42 Å². The van der Waals surface area contributed by atoms with Gasteiger partial charge in [0.25, 0.3) is 0 Å². The number of aliphatic carboxylic acids is 1. The maximum Gasteiger partial charge on any atom is 0.326 e. The maximum atomic E-state index is 12.7. The zero-order valence-electron chi connectivity index (χ0n) is 10.4. The van der Waals surface area contributed by atoms with Gasteiger partial charge in [-0.25, -0.2) is 14.0 Å². The topological polar surface area (TPSA) is 78.4 Å². The average Bonchev–Trinajstić information content (AvgIpc) is 2.37. The molecule has 19 heavy (non-hydrogen) atoms. The molecule has 0 aliphatic carbocycles. The molecule has 0 aromatic heterocycles. The first kappa shape index (κ1) is 15.3. The second kappa shape index (κ2) is 7.63. The van der Waals surface area contributed by atoms with Crippen LogP contribution in [0.5, 0.6) is 0 Å². The number of hydrogen-bond acceptors (Lipinski definition) is 3. The molecular weight excluding hydrogens is 271 g/mol. The molecule has 0 fully saturated rings. The van der Waals surface area contributed by atoms with E-state index < -0.39 is 23.9 Å². The number of thioether (sulfide) groups is 1. The summed E-state index contributed by atoms with van der Waals surface area (Å²) in [5, 5.41) is 13.8. The molecule has 5 nitrogen and oxygen atoms in total. The zero-order valence-corrected chi connectivity index (χ0v) is 11.2. The molecular formula is C12H15FN2O3S. The molecule has 3 N–H and O–H groups in total. The van der Waals surface area contributed by atoms with Gasteiger partial charge in [0.15, 0.2) is 0 Å². The van der Waals surface area contributed by atoms with Crippen LogP contribution in [0.3, 0.4) is 0 Å². The number of carbonyl (C=O) groups is 2. The SMILES string of the molecule is CSCC[C@@H](NC(=O)Nc1ccc(F)cc1)C(=O)O. The standard InChI is InChI=1S/C12H15FN2O3S/c1-19-7-6-10(11(16)17)15-12(18)14-9-4-2-8(13)3-5-9/h2-5,10H,6-7H2,1H3,(H,16,17)(H2,14,15,18)/t10-/m1/s1. The molecule has 1 atom stereocenters. The Bertz CT molecular complexity index is 439. The van der Waals surface area contributed by atoms with Crippen molar-refractivity contribution < 1.29 is 19.1 Å². The molecule has 2 amide bonds. The van der Waals surface area contributed by atoms with Gasteiger partial charge in [-0.3, -0.25) is 0 Å². The van der Waals surface area contributed by atoms with Gasteiger partial charge >= 0.3 is 12.0 Å². The third-order valence-electron chi connectivity index (χ3n) is 2.32. The first-order chi connectivity index (χ1) is 9.02. The average molecular weight is 286 g/mol. The van der Waals surface area contributed by atoms with Crippen molar-refractivity contribution in [2.45, 2.75) is 12.5 Å². The summed E-state index contributed by atoms with van der Waals surface area (Å²) in [5.74, 6) is -0.856. The lowest BCUT2D eigenvalue weighted by molar-refractivity contribution is -0.139. The lowest BCUT2D eigenvalue weighted by Gasteiger charge is -2.14. The summed E-state index contributed by atoms with van der Waals surface area (Å²) in [5.41, 5.74) is 0.396. The minimum Gasteiger partial charge on any atom is -0.480 e. The van der Waals surface area contributed by atoms with Gasteiger partial charge in [0.1, 0.15) is 11.9 Å². The Labute approximate surface area is 114 Å². The highest BCUT2D eigenvalue weighted by atomic mass is 32.2. The van der Waals surface area contributed by atoms with E-state index >= 15 is 0 Å². The number of hydrogen-bond donors (Lipinski definition) is 3. The fraction of sp³-hybridized carbons (Fsp3) is 0.333. The number of anilines is 1. The van der Waals surface area contributed by atoms with Gasteiger partial charge < -0.3 is 15.7 Å². The Kier molecular flexibility index (Phi) is 6.14. The molecule has 0 aliphatic heterocycles. The van der Waals surface area contributed by atoms with Crippen molar-refractivity contribution in [1.82, 2.24) is 5.32 Å². The van der Waals surface area contributed by atoms with Gasteiger partial charge in [-0.1, -0.05) is 0 Å². The van der Waals surface area contributed by atoms with Crippen LogP contribution < -0.4 is 10.6 Å². The van der Waals surface area contributed by atoms with Crippen molar-refractivity contribution in [2.24, 2.45) is 0 Å². The Morgan fingerprint density at radius 3 is 2.53 bits per heavy atom. The molecule has 0 heterocycles. The van der Waals surface area contributed by atoms with Crippen LogP contribution in [0.2, 0.25) is 0 Å². The van der Waals surface area contributed by atoms with Crippen LogP contribution in [0, 0.1) is 5.82 Å². The van der Waals surface area contributed by atoms with Crippen molar-refractivity contribution in [3.05, 3.63) is 30.1 Å². The van der Waals surface area contributed by atoms with E-state index in [2.05, 4.69) is 10.6 Å². The minimum atomic E-state index is -1.08. The zero-order chi connectivity index (χ0) is 14.3. The highest BCUT2D eigenvalue weighted by Crippen LogP contribution is 2.08. The quantitative estimate of drug-likeness (QED) is 0.748. The van der Waals surface area contributed by atoms with Gasteiger partial charge in [0.05, 0.1) is 0 Å². The largest absolute Gasteiger partial charge is 0.480 e. The third kappa shape index (κ3) is 5.60. The first-order valence-electron chi connectivity index (χ1n) is 5.57. The van der Waals surface area contributed by atoms with E-state index in [0.29, 0.717) is 17.9 Å². The lowest BCUT2D eigenvalue weighted by Crippen LogP contribution is -2.43. The number of halogens is 1. The van der Waals surface area contributed by atoms with Crippen molar-refractivity contribution in [3.63, 3.8) is 0 Å². The van der Waals surface area contributed by atoms with E-state index in [1.807, 2.05) is 6.26 Å². The van der Waals surface area contributed by atoms with E-state index in [-0.39, 0.29) is 0 Å². The Morgan fingerprint density at radius 2 is 2.00 bits per heavy atom. The van der Waals surface area contributed by atoms with E-state index in [1.54, 1.807) is 0 Å². The summed E-state index contributed by atoms with van der Waals surface area (Å²) in [6, 6.07) is 3.64. The fourth-order valence-corrected chi connectivity index (χ4v) is 1.82. The molecule has 1 aromatic rings. The molecule has 0 aliphatic rings. The summed E-state index contributed by atoms with van der Waals surface area (Å²) in [4.78, 5) is 22.5. The van der Waals surface area contributed by atoms with Crippen LogP contribution in [-0.2, 0) is 4.79 Å². The van der Waals surface area contributed by atoms with Crippen LogP contribution in [0.4, 0.5) is 14.9 Å². The Hall–Kier alpha value is -1.76. The third-order valence-corrected chi connectivity index (χ3v) is 2.96. The summed E-state index contributed by atoms with van der Waals surface area (Å²) in [6.45, 7) is 0. The number of carboxylic acid groups (broad SMARTS) is 1. The highest BCUT2D eigenvalue weighted by Gasteiger charge is 2.19. The molecule has 0 unspecified atom stereocenters. The number of nitrogens with one attached hydrogen (secondary N) is 2. The second-order valence-corrected chi connectivity index (χ2v) is 4.76. The normalized spacial score (nSPS) is 11.7. The molecule has 1 rings (SSSR count). The predicted molar refractivity (Wildman–Crippen MR) is 73.0 cm³/mol. The highest BCUT2D eigenvalue weighted by molar-refractivity contribution is 7.98. The molecule has 104 valence electrons. The summed E-state index contributed by atoms with van der Waals surface area (Å²) in [6.07, 6.45) is 2.20. The summed E-state index contributed by atoms with van der Waals surface area (Å²) in [7, 11) is 0. The first-order valence-corrected chi connectivity index (χ1v) is 6.97. The number of benzene rings is 1. The van der Waals surface area contributed by atoms with Crippen LogP contribution in [0.15, 0.2) is 24.3 Å². The van der Waals surface area contributed by atoms with E-state index in [1.165, 1.54) is 36.0 Å². The second-order valence-electron chi connectivity index (χ2n) is 3.78. The number of carbonyl (C=O) groups excluding carboxylic acids is 1. The van der Waals surface area contributed by atoms with Gasteiger partial charge in [0, 0.05) is 5.69 Å². The van der Waals surface area contributed by atoms with Crippen LogP contribution in [0.25, 0.3) is 0 Å². The van der Waals surface area contributed by atoms with E-state index in [9.17, 15) is 14.0 Å². The number of rotatable bonds is 6. The van der Waals surface area contributed by atoms with Crippen molar-refractivity contribution in [2.75, 3.05) is 17.3 Å². The van der Waals surface area contributed by atoms with E-state index in [4.69, 9.17) is 5.11 Å². The van der Waals surface area contributed by atoms with Crippen LogP contribution in [-0.4, -0.2) is 35.2 Å². The number of urea groups is 1. The minimum absolute atomic E-state index is 0.341. The van der Waals surface area contributed by atoms with Gasteiger partial charge in [-0.15, -0.1) is 0 Å². The maximum absolute atomic E-state index is 12.7. The molecule has 0 bridgehead atoms. The van der Waals surface area contributed by atoms with Crippen LogP contribution >= 0.6 is 11.8 Å². The monoisotopic (exact) mass is 286 g/mol. The Balaban J connectivity index is 2.52. The van der Waals surface area contributed by atoms with Crippen molar-refractivity contribution in [1.29, 1.82) is 0 Å². The smallest absolute Gasteiger partial charge is 0.326 e. The summed E-state index contributed by atoms with van der Waals surface area (Å²) < 4.78 is 12.7. The molecule has 1 aromatic carbocycles. The molecule has 0 saturated carbocycles. The fourth-order valence-electron chi connectivity index (χ4n) is 1.35. The lowest BCUT2D eigenvalue weighted by atomic mass is 10.2. The molecule has 0 radical (unpaired) electrons. The predicted octanol–water partition coefficient (Wildman–Crippen LogP) is 2.15. The van der Waals surface area contributed by atoms with Gasteiger partial charge in [-0.05, 0) is 42.7 Å². The number of amides is 2. The van der Waals surface area contributed by atoms with Gasteiger partial charge in [0.2, 0.25) is 0 Å². The van der Waals surface area contributed by atoms with Gasteiger partial charge in [-0.2, -0.15) is 11.8 Å². The Morgan fingerprint density at radius 1 is 1.37 bits per heavy atom. The van der Waals surface area contributed by atoms with Crippen molar-refractivity contribution >= 4 is 29.4 Å². The van der Waals surface area contributed by atoms with E-state index in [0.717, 1.165) is 0 Å². The molecule has 7 heteroatoms. The van der Waals surface area contributed by atoms with Crippen molar-refractivity contribution in [3.8, 4) is 0 Å².